The highest BCUT2D eigenvalue weighted by Gasteiger charge is 2.33. The van der Waals surface area contributed by atoms with E-state index in [4.69, 9.17) is 32.5 Å². The highest BCUT2D eigenvalue weighted by atomic mass is 35.5. The van der Waals surface area contributed by atoms with Crippen LogP contribution in [0.2, 0.25) is 9.36 Å². The Kier molecular flexibility index (Phi) is 9.13. The summed E-state index contributed by atoms with van der Waals surface area (Å²) in [5, 5.41) is 3.99. The quantitative estimate of drug-likeness (QED) is 0.394. The zero-order valence-corrected chi connectivity index (χ0v) is 24.6. The molecular formula is C26H28Cl2N4O6S2. The van der Waals surface area contributed by atoms with Gasteiger partial charge in [0.05, 0.1) is 32.2 Å². The number of thiophene rings is 1. The zero-order valence-electron chi connectivity index (χ0n) is 21.5. The van der Waals surface area contributed by atoms with Gasteiger partial charge in [-0.05, 0) is 37.1 Å². The van der Waals surface area contributed by atoms with Gasteiger partial charge in [-0.1, -0.05) is 47.3 Å². The summed E-state index contributed by atoms with van der Waals surface area (Å²) in [6.45, 7) is 1.53. The van der Waals surface area contributed by atoms with E-state index in [9.17, 15) is 18.0 Å². The summed E-state index contributed by atoms with van der Waals surface area (Å²) in [6, 6.07) is 8.51. The summed E-state index contributed by atoms with van der Waals surface area (Å²) in [5.41, 5.74) is 0.679. The number of sulfonamides is 1. The number of amides is 2. The van der Waals surface area contributed by atoms with Crippen LogP contribution in [-0.4, -0.2) is 69.2 Å². The molecule has 2 fully saturated rings. The Labute approximate surface area is 246 Å². The number of halogens is 2. The first kappa shape index (κ1) is 29.0. The van der Waals surface area contributed by atoms with Crippen LogP contribution in [-0.2, 0) is 30.8 Å². The van der Waals surface area contributed by atoms with E-state index in [1.165, 1.54) is 28.4 Å². The Bertz CT molecular complexity index is 1480. The molecule has 0 radical (unpaired) electrons. The second kappa shape index (κ2) is 12.6. The van der Waals surface area contributed by atoms with Crippen molar-refractivity contribution in [2.75, 3.05) is 37.7 Å². The molecular weight excluding hydrogens is 599 g/mol. The first-order valence-electron chi connectivity index (χ1n) is 12.9. The van der Waals surface area contributed by atoms with Crippen molar-refractivity contribution in [1.82, 2.24) is 14.8 Å². The molecule has 1 aromatic carbocycles. The van der Waals surface area contributed by atoms with Crippen LogP contribution in [0.3, 0.4) is 0 Å². The lowest BCUT2D eigenvalue weighted by Crippen LogP contribution is -2.50. The van der Waals surface area contributed by atoms with E-state index in [1.54, 1.807) is 29.2 Å². The molecule has 40 heavy (non-hydrogen) atoms. The number of aromatic nitrogens is 1. The Hall–Kier alpha value is -2.48. The fraction of sp³-hybridized carbons (Fsp3) is 0.423. The monoisotopic (exact) mass is 626 g/mol. The standard InChI is InChI=1S/C26H28Cl2N4O6S2/c27-23-9-8-21(39-23)20-15-17(29-38-20)14-18(26(34)31-10-3-1-2-4-11-31)30-40(35,36)22-7-5-6-19(25(22)28)32-12-13-37-16-24(32)33/h5-9,15,18,30H,1-4,10-14,16H2/t18-/m0/s1. The molecule has 2 aliphatic heterocycles. The number of hydrogen-bond acceptors (Lipinski definition) is 8. The molecule has 14 heteroatoms. The van der Waals surface area contributed by atoms with Gasteiger partial charge in [-0.15, -0.1) is 11.3 Å². The molecule has 2 saturated heterocycles. The van der Waals surface area contributed by atoms with Crippen molar-refractivity contribution < 1.29 is 27.3 Å². The third-order valence-electron chi connectivity index (χ3n) is 6.81. The second-order valence-corrected chi connectivity index (χ2v) is 13.4. The summed E-state index contributed by atoms with van der Waals surface area (Å²) in [7, 11) is -4.30. The van der Waals surface area contributed by atoms with E-state index < -0.39 is 16.1 Å². The number of ether oxygens (including phenoxy) is 1. The van der Waals surface area contributed by atoms with Gasteiger partial charge >= 0.3 is 0 Å². The van der Waals surface area contributed by atoms with E-state index in [-0.39, 0.29) is 47.0 Å². The number of anilines is 1. The normalized spacial score (nSPS) is 17.6. The van der Waals surface area contributed by atoms with Crippen LogP contribution in [0.5, 0.6) is 0 Å². The third-order valence-corrected chi connectivity index (χ3v) is 10.1. The van der Waals surface area contributed by atoms with Crippen LogP contribution < -0.4 is 9.62 Å². The molecule has 5 rings (SSSR count). The molecule has 0 aliphatic carbocycles. The van der Waals surface area contributed by atoms with Gasteiger partial charge in [0.15, 0.2) is 5.76 Å². The van der Waals surface area contributed by atoms with Crippen LogP contribution in [0, 0.1) is 0 Å². The number of nitrogens with one attached hydrogen (secondary N) is 1. The van der Waals surface area contributed by atoms with Gasteiger partial charge in [0, 0.05) is 32.1 Å². The molecule has 10 nitrogen and oxygen atoms in total. The van der Waals surface area contributed by atoms with Crippen LogP contribution in [0.1, 0.15) is 31.4 Å². The van der Waals surface area contributed by atoms with Crippen molar-refractivity contribution in [3.05, 3.63) is 51.5 Å². The summed E-state index contributed by atoms with van der Waals surface area (Å²) >= 11 is 13.9. The minimum Gasteiger partial charge on any atom is -0.370 e. The number of carbonyl (C=O) groups is 2. The minimum absolute atomic E-state index is 0.0313. The van der Waals surface area contributed by atoms with Crippen molar-refractivity contribution in [2.45, 2.75) is 43.0 Å². The molecule has 214 valence electrons. The van der Waals surface area contributed by atoms with Gasteiger partial charge in [0.1, 0.15) is 17.5 Å². The Morgan fingerprint density at radius 1 is 1.10 bits per heavy atom. The summed E-state index contributed by atoms with van der Waals surface area (Å²) in [4.78, 5) is 29.7. The summed E-state index contributed by atoms with van der Waals surface area (Å²) < 4.78 is 41.2. The van der Waals surface area contributed by atoms with Crippen molar-refractivity contribution in [1.29, 1.82) is 0 Å². The number of nitrogens with zero attached hydrogens (tertiary/aromatic N) is 3. The van der Waals surface area contributed by atoms with Gasteiger partial charge in [-0.3, -0.25) is 9.59 Å². The Balaban J connectivity index is 1.43. The summed E-state index contributed by atoms with van der Waals surface area (Å²) in [6.07, 6.45) is 3.69. The highest BCUT2D eigenvalue weighted by molar-refractivity contribution is 7.89. The molecule has 1 atom stereocenters. The minimum atomic E-state index is -4.30. The maximum atomic E-state index is 13.7. The van der Waals surface area contributed by atoms with Crippen molar-refractivity contribution in [3.63, 3.8) is 0 Å². The van der Waals surface area contributed by atoms with Gasteiger partial charge in [0.25, 0.3) is 5.91 Å². The summed E-state index contributed by atoms with van der Waals surface area (Å²) in [5.74, 6) is -0.190. The van der Waals surface area contributed by atoms with Crippen molar-refractivity contribution in [2.24, 2.45) is 0 Å². The van der Waals surface area contributed by atoms with Crippen LogP contribution in [0.15, 0.2) is 45.8 Å². The molecule has 0 bridgehead atoms. The largest absolute Gasteiger partial charge is 0.370 e. The number of carbonyl (C=O) groups excluding carboxylic acids is 2. The number of likely N-dealkylation sites (tertiary alicyclic amines) is 1. The maximum absolute atomic E-state index is 13.7. The molecule has 2 aromatic heterocycles. The van der Waals surface area contributed by atoms with Crippen molar-refractivity contribution in [3.8, 4) is 10.6 Å². The zero-order chi connectivity index (χ0) is 28.3. The lowest BCUT2D eigenvalue weighted by atomic mass is 10.1. The molecule has 2 amide bonds. The van der Waals surface area contributed by atoms with Gasteiger partial charge in [-0.25, -0.2) is 8.42 Å². The number of benzene rings is 1. The van der Waals surface area contributed by atoms with E-state index in [2.05, 4.69) is 9.88 Å². The molecule has 0 spiro atoms. The SMILES string of the molecule is O=C([C@H](Cc1cc(-c2ccc(Cl)s2)on1)NS(=O)(=O)c1cccc(N2CCOCC2=O)c1Cl)N1CCCCCC1. The third kappa shape index (κ3) is 6.53. The average molecular weight is 628 g/mol. The predicted octanol–water partition coefficient (Wildman–Crippen LogP) is 4.37. The maximum Gasteiger partial charge on any atom is 0.253 e. The van der Waals surface area contributed by atoms with E-state index >= 15 is 0 Å². The number of rotatable bonds is 8. The fourth-order valence-electron chi connectivity index (χ4n) is 4.81. The van der Waals surface area contributed by atoms with E-state index in [0.29, 0.717) is 35.5 Å². The Morgan fingerprint density at radius 3 is 2.58 bits per heavy atom. The number of hydrogen-bond donors (Lipinski definition) is 1. The lowest BCUT2D eigenvalue weighted by Gasteiger charge is -2.29. The fourth-order valence-corrected chi connectivity index (χ4v) is 7.62. The van der Waals surface area contributed by atoms with Crippen molar-refractivity contribution >= 4 is 62.1 Å². The van der Waals surface area contributed by atoms with E-state index in [1.807, 2.05) is 0 Å². The topological polar surface area (TPSA) is 122 Å². The molecule has 2 aliphatic rings. The van der Waals surface area contributed by atoms with Crippen LogP contribution >= 0.6 is 34.5 Å². The molecule has 0 saturated carbocycles. The predicted molar refractivity (Wildman–Crippen MR) is 152 cm³/mol. The first-order valence-corrected chi connectivity index (χ1v) is 16.0. The van der Waals surface area contributed by atoms with Crippen LogP contribution in [0.4, 0.5) is 5.69 Å². The lowest BCUT2D eigenvalue weighted by molar-refractivity contribution is -0.133. The van der Waals surface area contributed by atoms with Crippen LogP contribution in [0.25, 0.3) is 10.6 Å². The van der Waals surface area contributed by atoms with Gasteiger partial charge < -0.3 is 19.1 Å². The smallest absolute Gasteiger partial charge is 0.253 e. The molecule has 3 aromatic rings. The second-order valence-electron chi connectivity index (χ2n) is 9.59. The first-order chi connectivity index (χ1) is 19.2. The van der Waals surface area contributed by atoms with E-state index in [0.717, 1.165) is 30.6 Å². The average Bonchev–Trinajstić information content (AvgIpc) is 3.48. The number of morpholine rings is 1. The van der Waals surface area contributed by atoms with Gasteiger partial charge in [-0.2, -0.15) is 4.72 Å². The molecule has 0 unspecified atom stereocenters. The molecule has 4 heterocycles. The highest BCUT2D eigenvalue weighted by Crippen LogP contribution is 2.34. The van der Waals surface area contributed by atoms with Gasteiger partial charge in [0.2, 0.25) is 15.9 Å². The molecule has 1 N–H and O–H groups in total. The Morgan fingerprint density at radius 2 is 1.88 bits per heavy atom.